The zero-order valence-corrected chi connectivity index (χ0v) is 10.6. The topological polar surface area (TPSA) is 66.8 Å². The molecule has 18 heavy (non-hydrogen) atoms. The van der Waals surface area contributed by atoms with Gasteiger partial charge in [-0.15, -0.1) is 0 Å². The third-order valence-electron chi connectivity index (χ3n) is 2.70. The van der Waals surface area contributed by atoms with Crippen molar-refractivity contribution in [2.45, 2.75) is 44.8 Å². The molecule has 0 heterocycles. The highest BCUT2D eigenvalue weighted by Crippen LogP contribution is 2.15. The van der Waals surface area contributed by atoms with Crippen molar-refractivity contribution >= 4 is 5.97 Å². The van der Waals surface area contributed by atoms with E-state index >= 15 is 0 Å². The molecule has 1 unspecified atom stereocenters. The van der Waals surface area contributed by atoms with Gasteiger partial charge in [-0.25, -0.2) is 4.79 Å². The standard InChI is InChI=1S/C14H20O4/c1-2-3-5-10-12(15)13(14(16)17)18-11-8-6-4-7-9-11/h4,6-9,12-13,15H,2-3,5,10H2,1H3,(H,16,17)/t12?,13-/m1/s1. The number of aliphatic carboxylic acids is 1. The van der Waals surface area contributed by atoms with Crippen molar-refractivity contribution in [3.63, 3.8) is 0 Å². The zero-order valence-electron chi connectivity index (χ0n) is 10.6. The lowest BCUT2D eigenvalue weighted by Crippen LogP contribution is -2.39. The molecule has 0 saturated heterocycles. The van der Waals surface area contributed by atoms with Crippen LogP contribution in [0.2, 0.25) is 0 Å². The van der Waals surface area contributed by atoms with Crippen molar-refractivity contribution < 1.29 is 19.7 Å². The Morgan fingerprint density at radius 3 is 2.50 bits per heavy atom. The second-order valence-corrected chi connectivity index (χ2v) is 4.25. The van der Waals surface area contributed by atoms with E-state index in [4.69, 9.17) is 9.84 Å². The van der Waals surface area contributed by atoms with Crippen LogP contribution in [-0.2, 0) is 4.79 Å². The number of carbonyl (C=O) groups is 1. The lowest BCUT2D eigenvalue weighted by molar-refractivity contribution is -0.150. The zero-order chi connectivity index (χ0) is 13.4. The number of rotatable bonds is 8. The molecule has 1 aromatic rings. The van der Waals surface area contributed by atoms with Gasteiger partial charge in [-0.1, -0.05) is 44.4 Å². The normalized spacial score (nSPS) is 13.9. The van der Waals surface area contributed by atoms with Crippen LogP contribution in [0.3, 0.4) is 0 Å². The van der Waals surface area contributed by atoms with Crippen LogP contribution < -0.4 is 4.74 Å². The van der Waals surface area contributed by atoms with E-state index < -0.39 is 18.2 Å². The third kappa shape index (κ3) is 4.75. The molecule has 2 N–H and O–H groups in total. The Labute approximate surface area is 107 Å². The molecular weight excluding hydrogens is 232 g/mol. The first kappa shape index (κ1) is 14.5. The summed E-state index contributed by atoms with van der Waals surface area (Å²) in [6, 6.07) is 8.69. The molecule has 0 aliphatic rings. The SMILES string of the molecule is CCCCCC(O)[C@@H](Oc1ccccc1)C(=O)O. The van der Waals surface area contributed by atoms with Gasteiger partial charge in [-0.3, -0.25) is 0 Å². The highest BCUT2D eigenvalue weighted by molar-refractivity contribution is 5.73. The first-order valence-electron chi connectivity index (χ1n) is 6.27. The Morgan fingerprint density at radius 2 is 1.94 bits per heavy atom. The van der Waals surface area contributed by atoms with E-state index in [9.17, 15) is 9.90 Å². The Bertz CT molecular complexity index is 350. The lowest BCUT2D eigenvalue weighted by Gasteiger charge is -2.20. The van der Waals surface area contributed by atoms with Gasteiger partial charge < -0.3 is 14.9 Å². The fourth-order valence-electron chi connectivity index (χ4n) is 1.69. The van der Waals surface area contributed by atoms with Gasteiger partial charge >= 0.3 is 5.97 Å². The van der Waals surface area contributed by atoms with Crippen LogP contribution in [0.5, 0.6) is 5.75 Å². The summed E-state index contributed by atoms with van der Waals surface area (Å²) in [6.07, 6.45) is 1.08. The highest BCUT2D eigenvalue weighted by Gasteiger charge is 2.28. The molecule has 0 radical (unpaired) electrons. The lowest BCUT2D eigenvalue weighted by atomic mass is 10.1. The number of hydrogen-bond donors (Lipinski definition) is 2. The first-order valence-corrected chi connectivity index (χ1v) is 6.27. The number of benzene rings is 1. The summed E-state index contributed by atoms with van der Waals surface area (Å²) in [4.78, 5) is 11.1. The van der Waals surface area contributed by atoms with E-state index in [2.05, 4.69) is 6.92 Å². The molecule has 4 nitrogen and oxygen atoms in total. The number of hydrogen-bond acceptors (Lipinski definition) is 3. The number of carboxylic acids is 1. The van der Waals surface area contributed by atoms with Crippen molar-refractivity contribution in [1.82, 2.24) is 0 Å². The summed E-state index contributed by atoms with van der Waals surface area (Å²) in [5.41, 5.74) is 0. The second kappa shape index (κ2) is 7.71. The van der Waals surface area contributed by atoms with E-state index in [0.29, 0.717) is 12.2 Å². The van der Waals surface area contributed by atoms with Gasteiger partial charge in [0.15, 0.2) is 0 Å². The summed E-state index contributed by atoms with van der Waals surface area (Å²) >= 11 is 0. The van der Waals surface area contributed by atoms with E-state index in [1.807, 2.05) is 6.07 Å². The minimum absolute atomic E-state index is 0.442. The molecule has 0 saturated carbocycles. The molecule has 0 spiro atoms. The monoisotopic (exact) mass is 252 g/mol. The maximum absolute atomic E-state index is 11.1. The third-order valence-corrected chi connectivity index (χ3v) is 2.70. The summed E-state index contributed by atoms with van der Waals surface area (Å²) in [7, 11) is 0. The maximum atomic E-state index is 11.1. The van der Waals surface area contributed by atoms with E-state index in [0.717, 1.165) is 19.3 Å². The molecule has 0 bridgehead atoms. The molecule has 2 atom stereocenters. The second-order valence-electron chi connectivity index (χ2n) is 4.25. The van der Waals surface area contributed by atoms with Crippen molar-refractivity contribution in [2.24, 2.45) is 0 Å². The quantitative estimate of drug-likeness (QED) is 0.697. The van der Waals surface area contributed by atoms with Crippen molar-refractivity contribution in [2.75, 3.05) is 0 Å². The number of aliphatic hydroxyl groups is 1. The Balaban J connectivity index is 2.57. The molecular formula is C14H20O4. The van der Waals surface area contributed by atoms with Gasteiger partial charge in [0.2, 0.25) is 6.10 Å². The molecule has 0 amide bonds. The number of unbranched alkanes of at least 4 members (excludes halogenated alkanes) is 2. The van der Waals surface area contributed by atoms with Gasteiger partial charge in [0, 0.05) is 0 Å². The van der Waals surface area contributed by atoms with E-state index in [-0.39, 0.29) is 0 Å². The Hall–Kier alpha value is -1.55. The van der Waals surface area contributed by atoms with Crippen molar-refractivity contribution in [3.05, 3.63) is 30.3 Å². The number of ether oxygens (including phenoxy) is 1. The van der Waals surface area contributed by atoms with Gasteiger partial charge in [-0.05, 0) is 18.6 Å². The Kier molecular flexibility index (Phi) is 6.22. The van der Waals surface area contributed by atoms with Crippen LogP contribution in [0.15, 0.2) is 30.3 Å². The summed E-state index contributed by atoms with van der Waals surface area (Å²) < 4.78 is 5.32. The number of aliphatic hydroxyl groups excluding tert-OH is 1. The summed E-state index contributed by atoms with van der Waals surface area (Å²) in [6.45, 7) is 2.06. The fraction of sp³-hybridized carbons (Fsp3) is 0.500. The molecule has 1 rings (SSSR count). The van der Waals surface area contributed by atoms with E-state index in [1.54, 1.807) is 24.3 Å². The molecule has 100 valence electrons. The minimum Gasteiger partial charge on any atom is -0.478 e. The average molecular weight is 252 g/mol. The van der Waals surface area contributed by atoms with Crippen molar-refractivity contribution in [1.29, 1.82) is 0 Å². The van der Waals surface area contributed by atoms with Gasteiger partial charge in [0.1, 0.15) is 11.9 Å². The predicted octanol–water partition coefficient (Wildman–Crippen LogP) is 2.46. The molecule has 0 aliphatic carbocycles. The average Bonchev–Trinajstić information content (AvgIpc) is 2.37. The summed E-state index contributed by atoms with van der Waals surface area (Å²) in [5.74, 6) is -0.678. The van der Waals surface area contributed by atoms with Crippen LogP contribution in [0.4, 0.5) is 0 Å². The van der Waals surface area contributed by atoms with Crippen molar-refractivity contribution in [3.8, 4) is 5.75 Å². The molecule has 1 aromatic carbocycles. The van der Waals surface area contributed by atoms with Crippen LogP contribution in [0, 0.1) is 0 Å². The minimum atomic E-state index is -1.20. The largest absolute Gasteiger partial charge is 0.478 e. The highest BCUT2D eigenvalue weighted by atomic mass is 16.5. The van der Waals surface area contributed by atoms with Crippen LogP contribution in [-0.4, -0.2) is 28.4 Å². The number of carboxylic acid groups (broad SMARTS) is 1. The van der Waals surface area contributed by atoms with Gasteiger partial charge in [0.05, 0.1) is 0 Å². The predicted molar refractivity (Wildman–Crippen MR) is 68.6 cm³/mol. The van der Waals surface area contributed by atoms with Crippen LogP contribution in [0.25, 0.3) is 0 Å². The van der Waals surface area contributed by atoms with Crippen LogP contribution in [0.1, 0.15) is 32.6 Å². The molecule has 0 aliphatic heterocycles. The van der Waals surface area contributed by atoms with Gasteiger partial charge in [0.25, 0.3) is 0 Å². The van der Waals surface area contributed by atoms with E-state index in [1.165, 1.54) is 0 Å². The molecule has 0 fully saturated rings. The van der Waals surface area contributed by atoms with Gasteiger partial charge in [-0.2, -0.15) is 0 Å². The first-order chi connectivity index (χ1) is 8.65. The molecule has 0 aromatic heterocycles. The Morgan fingerprint density at radius 1 is 1.28 bits per heavy atom. The summed E-state index contributed by atoms with van der Waals surface area (Å²) in [5, 5.41) is 18.9. The smallest absolute Gasteiger partial charge is 0.347 e. The number of para-hydroxylation sites is 1. The fourth-order valence-corrected chi connectivity index (χ4v) is 1.69. The molecule has 4 heteroatoms. The maximum Gasteiger partial charge on any atom is 0.347 e. The van der Waals surface area contributed by atoms with Crippen LogP contribution >= 0.6 is 0 Å².